The molecule has 1 aliphatic heterocycles. The Bertz CT molecular complexity index is 3340. The molecule has 3 aromatic heterocycles. The number of ether oxygens (including phenoxy) is 3. The van der Waals surface area contributed by atoms with Gasteiger partial charge in [-0.1, -0.05) is 24.3 Å². The van der Waals surface area contributed by atoms with Crippen molar-refractivity contribution < 1.29 is 68.2 Å². The topological polar surface area (TPSA) is 303 Å². The van der Waals surface area contributed by atoms with Crippen LogP contribution in [0.2, 0.25) is 0 Å². The molecule has 1 saturated heterocycles. The molecule has 2 aliphatic carbocycles. The van der Waals surface area contributed by atoms with E-state index in [0.29, 0.717) is 29.2 Å². The molecule has 0 spiro atoms. The number of Topliss-reactive ketones (excluding diaryl/α,β-unsaturated/α-hetero) is 1. The summed E-state index contributed by atoms with van der Waals surface area (Å²) in [7, 11) is 6.28. The molecule has 22 heteroatoms. The van der Waals surface area contributed by atoms with Crippen LogP contribution >= 0.6 is 0 Å². The van der Waals surface area contributed by atoms with Crippen molar-refractivity contribution in [1.29, 1.82) is 0 Å². The van der Waals surface area contributed by atoms with Gasteiger partial charge in [-0.2, -0.15) is 0 Å². The first-order chi connectivity index (χ1) is 35.7. The summed E-state index contributed by atoms with van der Waals surface area (Å²) >= 11 is 0. The lowest BCUT2D eigenvalue weighted by Crippen LogP contribution is -2.54. The van der Waals surface area contributed by atoms with Gasteiger partial charge in [0.05, 0.1) is 59.2 Å². The number of carbonyl (C=O) groups is 7. The number of phenols is 2. The Morgan fingerprint density at radius 3 is 1.92 bits per heavy atom. The molecule has 3 aliphatic rings. The smallest absolute Gasteiger partial charge is 0.272 e. The van der Waals surface area contributed by atoms with Gasteiger partial charge < -0.3 is 74.9 Å². The minimum atomic E-state index is -2.10. The largest absolute Gasteiger partial charge is 0.507 e. The van der Waals surface area contributed by atoms with Crippen LogP contribution in [-0.2, 0) is 53.2 Å². The van der Waals surface area contributed by atoms with Gasteiger partial charge in [0, 0.05) is 94.0 Å². The molecule has 6 atom stereocenters. The van der Waals surface area contributed by atoms with E-state index in [1.165, 1.54) is 50.4 Å². The first-order valence-electron chi connectivity index (χ1n) is 23.7. The summed E-state index contributed by atoms with van der Waals surface area (Å²) in [4.78, 5) is 91.5. The molecular formula is C53H54N8O14. The first-order valence-corrected chi connectivity index (χ1v) is 23.7. The maximum absolute atomic E-state index is 14.1. The predicted molar refractivity (Wildman–Crippen MR) is 269 cm³/mol. The summed E-state index contributed by atoms with van der Waals surface area (Å²) in [5.41, 5.74) is -0.271. The lowest BCUT2D eigenvalue weighted by molar-refractivity contribution is -0.249. The molecular weight excluding hydrogens is 973 g/mol. The fourth-order valence-corrected chi connectivity index (χ4v) is 10.0. The number of aromatic nitrogens is 3. The molecule has 6 aromatic rings. The van der Waals surface area contributed by atoms with Crippen LogP contribution in [0.3, 0.4) is 0 Å². The van der Waals surface area contributed by atoms with E-state index in [9.17, 15) is 54.0 Å². The lowest BCUT2D eigenvalue weighted by Gasteiger charge is -2.43. The zero-order valence-electron chi connectivity index (χ0n) is 41.5. The number of nitrogens with one attached hydrogen (secondary N) is 5. The number of benzene rings is 3. The second-order valence-electron chi connectivity index (χ2n) is 19.0. The fourth-order valence-electron chi connectivity index (χ4n) is 10.0. The van der Waals surface area contributed by atoms with Crippen LogP contribution in [0.5, 0.6) is 17.2 Å². The minimum absolute atomic E-state index is 0.0335. The van der Waals surface area contributed by atoms with Crippen LogP contribution in [0.25, 0.3) is 0 Å². The van der Waals surface area contributed by atoms with Crippen molar-refractivity contribution in [2.24, 2.45) is 21.1 Å². The molecule has 390 valence electrons. The number of anilines is 4. The number of aliphatic hydroxyl groups excluding tert-OH is 1. The third-order valence-corrected chi connectivity index (χ3v) is 14.0. The highest BCUT2D eigenvalue weighted by Crippen LogP contribution is 2.52. The number of ketones is 3. The van der Waals surface area contributed by atoms with E-state index in [-0.39, 0.29) is 58.1 Å². The molecule has 9 N–H and O–H groups in total. The monoisotopic (exact) mass is 1030 g/mol. The Kier molecular flexibility index (Phi) is 13.8. The number of hydrogen-bond donors (Lipinski definition) is 9. The second-order valence-corrected chi connectivity index (χ2v) is 19.0. The van der Waals surface area contributed by atoms with Gasteiger partial charge in [-0.15, -0.1) is 0 Å². The molecule has 75 heavy (non-hydrogen) atoms. The molecule has 4 amide bonds. The quantitative estimate of drug-likeness (QED) is 0.0514. The fraction of sp³-hybridized carbons (Fsp3) is 0.302. The molecule has 1 fully saturated rings. The van der Waals surface area contributed by atoms with Gasteiger partial charge in [0.1, 0.15) is 39.9 Å². The highest BCUT2D eigenvalue weighted by Gasteiger charge is 2.49. The van der Waals surface area contributed by atoms with E-state index in [4.69, 9.17) is 14.2 Å². The third-order valence-electron chi connectivity index (χ3n) is 14.0. The number of amides is 4. The van der Waals surface area contributed by atoms with Crippen molar-refractivity contribution >= 4 is 64.2 Å². The van der Waals surface area contributed by atoms with Crippen molar-refractivity contribution in [2.75, 3.05) is 28.4 Å². The second kappa shape index (κ2) is 20.1. The van der Waals surface area contributed by atoms with Gasteiger partial charge in [0.2, 0.25) is 12.2 Å². The Labute approximate surface area is 428 Å². The zero-order chi connectivity index (χ0) is 53.8. The Morgan fingerprint density at radius 2 is 1.35 bits per heavy atom. The molecule has 4 heterocycles. The summed E-state index contributed by atoms with van der Waals surface area (Å²) in [6, 6.07) is 15.2. The predicted octanol–water partition coefficient (Wildman–Crippen LogP) is 4.20. The maximum Gasteiger partial charge on any atom is 0.272 e. The number of methoxy groups -OCH3 is 1. The van der Waals surface area contributed by atoms with E-state index in [2.05, 4.69) is 26.6 Å². The average Bonchev–Trinajstić information content (AvgIpc) is 4.06. The van der Waals surface area contributed by atoms with Crippen LogP contribution in [0, 0.1) is 0 Å². The number of aromatic hydroxyl groups is 2. The van der Waals surface area contributed by atoms with E-state index >= 15 is 0 Å². The Hall–Kier alpha value is -8.41. The van der Waals surface area contributed by atoms with E-state index in [1.54, 1.807) is 84.6 Å². The molecule has 0 saturated carbocycles. The number of rotatable bonds is 15. The standard InChI is InChI=1S/C53H54N8O14/c1-25-45(64)34(17-40(74-25)75-39-19-53(72,26(2)63)18-33-42(39)49(68)44-43(47(33)66)46(65)32-8-7-9-38(73-6)41(32)48(44)67)54-20-27-10-12-28(13-11-27)56-50(69)36-15-30(22-60(36)4)58-52(71)37-16-31(23-61(37)5)57-51(70)35-14-29(55-24-62)21-59(35)3/h7-16,21-25,34,39-40,45,54,64,66,68,72H,17-20H2,1-6H3,(H,55,62)(H,56,69)(H,57,70)(H,58,71)/t25?,34?,39-,40?,45?,53-/m0/s1. The van der Waals surface area contributed by atoms with E-state index in [0.717, 1.165) is 5.56 Å². The molecule has 22 nitrogen and oxygen atoms in total. The van der Waals surface area contributed by atoms with Gasteiger partial charge in [-0.3, -0.25) is 33.6 Å². The number of aliphatic hydroxyl groups is 2. The van der Waals surface area contributed by atoms with Gasteiger partial charge in [-0.05, 0) is 55.8 Å². The lowest BCUT2D eigenvalue weighted by atomic mass is 9.72. The van der Waals surface area contributed by atoms with Gasteiger partial charge in [0.15, 0.2) is 17.9 Å². The van der Waals surface area contributed by atoms with Crippen molar-refractivity contribution in [1.82, 2.24) is 19.0 Å². The van der Waals surface area contributed by atoms with Crippen molar-refractivity contribution in [3.05, 3.63) is 135 Å². The highest BCUT2D eigenvalue weighted by molar-refractivity contribution is 6.31. The number of nitrogens with zero attached hydrogens (tertiary/aromatic N) is 3. The minimum Gasteiger partial charge on any atom is -0.507 e. The summed E-state index contributed by atoms with van der Waals surface area (Å²) in [5, 5.41) is 60.7. The van der Waals surface area contributed by atoms with Crippen LogP contribution in [0.4, 0.5) is 22.7 Å². The Balaban J connectivity index is 0.834. The number of aryl methyl sites for hydroxylation is 3. The molecule has 9 rings (SSSR count). The van der Waals surface area contributed by atoms with E-state index < -0.39 is 107 Å². The number of carbonyl (C=O) groups excluding carboxylic acids is 7. The number of phenolic OH excluding ortho intramolecular Hbond substituents is 2. The summed E-state index contributed by atoms with van der Waals surface area (Å²) in [6.07, 6.45) is 0.118. The maximum atomic E-state index is 14.1. The van der Waals surface area contributed by atoms with Gasteiger partial charge in [0.25, 0.3) is 17.7 Å². The molecule has 0 radical (unpaired) electrons. The number of fused-ring (bicyclic) bond motifs is 3. The van der Waals surface area contributed by atoms with Crippen LogP contribution < -0.4 is 31.3 Å². The third kappa shape index (κ3) is 9.67. The zero-order valence-corrected chi connectivity index (χ0v) is 41.5. The summed E-state index contributed by atoms with van der Waals surface area (Å²) < 4.78 is 22.5. The van der Waals surface area contributed by atoms with Gasteiger partial charge >= 0.3 is 0 Å². The van der Waals surface area contributed by atoms with Crippen LogP contribution in [0.1, 0.15) is 113 Å². The summed E-state index contributed by atoms with van der Waals surface area (Å²) in [6.45, 7) is 3.05. The van der Waals surface area contributed by atoms with Gasteiger partial charge in [-0.25, -0.2) is 0 Å². The summed E-state index contributed by atoms with van der Waals surface area (Å²) in [5.74, 6) is -4.85. The van der Waals surface area contributed by atoms with Crippen molar-refractivity contribution in [3.8, 4) is 17.2 Å². The first kappa shape index (κ1) is 51.5. The van der Waals surface area contributed by atoms with Crippen molar-refractivity contribution in [3.63, 3.8) is 0 Å². The highest BCUT2D eigenvalue weighted by atomic mass is 16.7. The molecule has 4 unspecified atom stereocenters. The van der Waals surface area contributed by atoms with Crippen LogP contribution in [0.15, 0.2) is 79.3 Å². The Morgan fingerprint density at radius 1 is 0.787 bits per heavy atom. The SMILES string of the molecule is COc1cccc2c1C(=O)c1c(O)c3c(c(O)c1C2=O)C[C@@](O)(C(C)=O)C[C@@H]3OC1CC(NCc2ccc(NC(=O)c3cc(NC(=O)c4cc(NC(=O)c5cc(NC=O)cn5C)cn4C)cn3C)cc2)C(O)C(C)O1. The van der Waals surface area contributed by atoms with Crippen molar-refractivity contribution in [2.45, 2.75) is 75.9 Å². The number of hydrogen-bond acceptors (Lipinski definition) is 15. The molecule has 0 bridgehead atoms. The molecule has 3 aromatic carbocycles. The van der Waals surface area contributed by atoms with E-state index in [1.807, 2.05) is 0 Å². The average molecular weight is 1030 g/mol. The normalized spacial score (nSPS) is 20.8. The van der Waals surface area contributed by atoms with Crippen LogP contribution in [-0.4, -0.2) is 113 Å².